The molecule has 0 fully saturated rings. The van der Waals surface area contributed by atoms with Crippen LogP contribution in [0.4, 0.5) is 0 Å². The molecule has 0 aliphatic carbocycles. The highest BCUT2D eigenvalue weighted by Gasteiger charge is 2.02. The molecule has 0 unspecified atom stereocenters. The molecule has 14 heavy (non-hydrogen) atoms. The van der Waals surface area contributed by atoms with Gasteiger partial charge in [0.1, 0.15) is 0 Å². The topological polar surface area (TPSA) is 12.4 Å². The molecule has 0 aromatic carbocycles. The molecule has 0 bridgehead atoms. The van der Waals surface area contributed by atoms with E-state index in [9.17, 15) is 0 Å². The van der Waals surface area contributed by atoms with Gasteiger partial charge in [-0.05, 0) is 40.7 Å². The third kappa shape index (κ3) is 10.9. The number of hydrogen-bond acceptors (Lipinski definition) is 1. The summed E-state index contributed by atoms with van der Waals surface area (Å²) < 4.78 is 0. The second-order valence-electron chi connectivity index (χ2n) is 4.46. The Bertz CT molecular complexity index is 255. The maximum Gasteiger partial charge on any atom is 0.0524 e. The van der Waals surface area contributed by atoms with Gasteiger partial charge in [0.05, 0.1) is 5.54 Å². The summed E-state index contributed by atoms with van der Waals surface area (Å²) in [6.45, 7) is 10.4. The number of nitrogens with zero attached hydrogens (tertiary/aromatic N) is 1. The van der Waals surface area contributed by atoms with E-state index in [1.807, 2.05) is 30.5 Å². The van der Waals surface area contributed by atoms with E-state index < -0.39 is 0 Å². The first kappa shape index (κ1) is 12.9. The maximum atomic E-state index is 4.33. The Labute approximate surface area is 87.9 Å². The molecular formula is C13H21N. The van der Waals surface area contributed by atoms with Crippen molar-refractivity contribution in [1.29, 1.82) is 0 Å². The highest BCUT2D eigenvalue weighted by atomic mass is 14.8. The predicted molar refractivity (Wildman–Crippen MR) is 66.0 cm³/mol. The van der Waals surface area contributed by atoms with Crippen molar-refractivity contribution in [2.24, 2.45) is 4.99 Å². The number of hydrogen-bond donors (Lipinski definition) is 0. The standard InChI is InChI=1S/C13H21N/c1-12(2)10-8-6-7-9-11-14-13(3,4)5/h6-11H,1-5H3/b8-6+,9-7+,14-11?. The van der Waals surface area contributed by atoms with Crippen molar-refractivity contribution in [3.05, 3.63) is 36.0 Å². The Hall–Kier alpha value is -1.11. The Kier molecular flexibility index (Phi) is 5.86. The first-order chi connectivity index (χ1) is 6.42. The lowest BCUT2D eigenvalue weighted by Gasteiger charge is -2.09. The van der Waals surface area contributed by atoms with E-state index in [0.717, 1.165) is 0 Å². The van der Waals surface area contributed by atoms with Crippen LogP contribution in [0.3, 0.4) is 0 Å². The van der Waals surface area contributed by atoms with Gasteiger partial charge < -0.3 is 0 Å². The normalized spacial score (nSPS) is 13.2. The van der Waals surface area contributed by atoms with Gasteiger partial charge in [-0.15, -0.1) is 0 Å². The molecular weight excluding hydrogens is 170 g/mol. The SMILES string of the molecule is CC(C)=C/C=C/C=C/C=NC(C)(C)C. The smallest absolute Gasteiger partial charge is 0.0524 e. The molecule has 0 aliphatic rings. The van der Waals surface area contributed by atoms with Crippen molar-refractivity contribution < 1.29 is 0 Å². The summed E-state index contributed by atoms with van der Waals surface area (Å²) in [5.74, 6) is 0. The van der Waals surface area contributed by atoms with Gasteiger partial charge in [-0.1, -0.05) is 29.9 Å². The fourth-order valence-corrected chi connectivity index (χ4v) is 0.693. The van der Waals surface area contributed by atoms with Gasteiger partial charge >= 0.3 is 0 Å². The van der Waals surface area contributed by atoms with Crippen LogP contribution in [-0.2, 0) is 0 Å². The van der Waals surface area contributed by atoms with Crippen LogP contribution in [0.25, 0.3) is 0 Å². The Morgan fingerprint density at radius 3 is 2.00 bits per heavy atom. The summed E-state index contributed by atoms with van der Waals surface area (Å²) in [5, 5.41) is 0. The average molecular weight is 191 g/mol. The zero-order valence-corrected chi connectivity index (χ0v) is 9.91. The summed E-state index contributed by atoms with van der Waals surface area (Å²) in [7, 11) is 0. The van der Waals surface area contributed by atoms with Gasteiger partial charge in [-0.25, -0.2) is 0 Å². The monoisotopic (exact) mass is 191 g/mol. The van der Waals surface area contributed by atoms with Gasteiger partial charge in [0.25, 0.3) is 0 Å². The van der Waals surface area contributed by atoms with Crippen LogP contribution < -0.4 is 0 Å². The van der Waals surface area contributed by atoms with E-state index in [1.165, 1.54) is 5.57 Å². The van der Waals surface area contributed by atoms with Gasteiger partial charge in [-0.3, -0.25) is 4.99 Å². The largest absolute Gasteiger partial charge is 0.287 e. The minimum absolute atomic E-state index is 0.0218. The van der Waals surface area contributed by atoms with E-state index in [1.54, 1.807) is 0 Å². The highest BCUT2D eigenvalue weighted by Crippen LogP contribution is 2.04. The molecule has 1 heteroatoms. The van der Waals surface area contributed by atoms with Crippen LogP contribution in [0, 0.1) is 0 Å². The molecule has 0 atom stereocenters. The van der Waals surface area contributed by atoms with Crippen LogP contribution >= 0.6 is 0 Å². The Balaban J connectivity index is 3.92. The fourth-order valence-electron chi connectivity index (χ4n) is 0.693. The number of allylic oxidation sites excluding steroid dienone is 6. The lowest BCUT2D eigenvalue weighted by Crippen LogP contribution is -2.08. The van der Waals surface area contributed by atoms with Crippen molar-refractivity contribution >= 4 is 6.21 Å². The minimum Gasteiger partial charge on any atom is -0.287 e. The van der Waals surface area contributed by atoms with Gasteiger partial charge in [-0.2, -0.15) is 0 Å². The molecule has 0 N–H and O–H groups in total. The first-order valence-electron chi connectivity index (χ1n) is 4.94. The third-order valence-corrected chi connectivity index (χ3v) is 1.31. The minimum atomic E-state index is 0.0218. The van der Waals surface area contributed by atoms with Gasteiger partial charge in [0.15, 0.2) is 0 Å². The zero-order chi connectivity index (χ0) is 11.0. The van der Waals surface area contributed by atoms with E-state index in [4.69, 9.17) is 0 Å². The quantitative estimate of drug-likeness (QED) is 0.473. The van der Waals surface area contributed by atoms with Crippen LogP contribution in [0.2, 0.25) is 0 Å². The molecule has 0 radical (unpaired) electrons. The lowest BCUT2D eigenvalue weighted by atomic mass is 10.1. The fraction of sp³-hybridized carbons (Fsp3) is 0.462. The van der Waals surface area contributed by atoms with Crippen LogP contribution in [0.5, 0.6) is 0 Å². The average Bonchev–Trinajstić information content (AvgIpc) is 2.00. The molecule has 0 saturated carbocycles. The Morgan fingerprint density at radius 2 is 1.50 bits per heavy atom. The van der Waals surface area contributed by atoms with E-state index in [-0.39, 0.29) is 5.54 Å². The molecule has 78 valence electrons. The summed E-state index contributed by atoms with van der Waals surface area (Å²) >= 11 is 0. The second-order valence-corrected chi connectivity index (χ2v) is 4.46. The molecule has 1 nitrogen and oxygen atoms in total. The Morgan fingerprint density at radius 1 is 0.929 bits per heavy atom. The van der Waals surface area contributed by atoms with Crippen molar-refractivity contribution in [1.82, 2.24) is 0 Å². The second kappa shape index (κ2) is 6.36. The molecule has 0 aliphatic heterocycles. The number of aliphatic imine (C=N–C) groups is 1. The van der Waals surface area contributed by atoms with Crippen molar-refractivity contribution in [2.45, 2.75) is 40.2 Å². The maximum absolute atomic E-state index is 4.33. The van der Waals surface area contributed by atoms with Crippen molar-refractivity contribution in [3.63, 3.8) is 0 Å². The van der Waals surface area contributed by atoms with Crippen molar-refractivity contribution in [3.8, 4) is 0 Å². The molecule has 0 heterocycles. The summed E-state index contributed by atoms with van der Waals surface area (Å²) in [5.41, 5.74) is 1.33. The molecule has 0 spiro atoms. The van der Waals surface area contributed by atoms with E-state index in [2.05, 4.69) is 45.7 Å². The van der Waals surface area contributed by atoms with E-state index >= 15 is 0 Å². The third-order valence-electron chi connectivity index (χ3n) is 1.31. The van der Waals surface area contributed by atoms with E-state index in [0.29, 0.717) is 0 Å². The van der Waals surface area contributed by atoms with Crippen LogP contribution in [0.15, 0.2) is 40.9 Å². The molecule has 0 aromatic rings. The summed E-state index contributed by atoms with van der Waals surface area (Å²) in [6, 6.07) is 0. The van der Waals surface area contributed by atoms with Gasteiger partial charge in [0.2, 0.25) is 0 Å². The molecule has 0 saturated heterocycles. The lowest BCUT2D eigenvalue weighted by molar-refractivity contribution is 0.587. The van der Waals surface area contributed by atoms with Crippen molar-refractivity contribution in [2.75, 3.05) is 0 Å². The zero-order valence-electron chi connectivity index (χ0n) is 9.91. The van der Waals surface area contributed by atoms with Crippen LogP contribution in [-0.4, -0.2) is 11.8 Å². The predicted octanol–water partition coefficient (Wildman–Crippen LogP) is 3.93. The first-order valence-corrected chi connectivity index (χ1v) is 4.94. The van der Waals surface area contributed by atoms with Crippen LogP contribution in [0.1, 0.15) is 34.6 Å². The highest BCUT2D eigenvalue weighted by molar-refractivity contribution is 5.71. The summed E-state index contributed by atoms with van der Waals surface area (Å²) in [4.78, 5) is 4.33. The van der Waals surface area contributed by atoms with Gasteiger partial charge in [0, 0.05) is 6.21 Å². The molecule has 0 aromatic heterocycles. The number of rotatable bonds is 3. The summed E-state index contributed by atoms with van der Waals surface area (Å²) in [6.07, 6.45) is 11.9. The molecule has 0 amide bonds. The molecule has 0 rings (SSSR count).